The zero-order chi connectivity index (χ0) is 12.3. The predicted octanol–water partition coefficient (Wildman–Crippen LogP) is 1.21. The number of carbonyl (C=O) groups is 1. The zero-order valence-corrected chi connectivity index (χ0v) is 9.86. The lowest BCUT2D eigenvalue weighted by atomic mass is 9.99. The second-order valence-electron chi connectivity index (χ2n) is 4.18. The van der Waals surface area contributed by atoms with E-state index in [2.05, 4.69) is 11.4 Å². The van der Waals surface area contributed by atoms with Crippen LogP contribution in [0.2, 0.25) is 0 Å². The van der Waals surface area contributed by atoms with Gasteiger partial charge in [0.2, 0.25) is 5.91 Å². The van der Waals surface area contributed by atoms with E-state index < -0.39 is 0 Å². The Morgan fingerprint density at radius 1 is 1.47 bits per heavy atom. The molecule has 0 spiro atoms. The Balaban J connectivity index is 2.15. The minimum absolute atomic E-state index is 0.174. The molecule has 1 N–H and O–H groups in total. The van der Waals surface area contributed by atoms with Gasteiger partial charge in [0.15, 0.2) is 0 Å². The third-order valence-corrected chi connectivity index (χ3v) is 3.02. The molecule has 0 unspecified atom stereocenters. The first-order valence-electron chi connectivity index (χ1n) is 5.68. The van der Waals surface area contributed by atoms with Crippen LogP contribution in [0.15, 0.2) is 18.2 Å². The number of anilines is 1. The molecule has 17 heavy (non-hydrogen) atoms. The number of nitrogens with one attached hydrogen (secondary N) is 1. The average molecular weight is 229 g/mol. The van der Waals surface area contributed by atoms with E-state index in [1.807, 2.05) is 25.2 Å². The van der Waals surface area contributed by atoms with Gasteiger partial charge in [0, 0.05) is 25.7 Å². The van der Waals surface area contributed by atoms with Crippen LogP contribution in [0.4, 0.5) is 5.69 Å². The first kappa shape index (κ1) is 11.6. The van der Waals surface area contributed by atoms with Gasteiger partial charge in [-0.2, -0.15) is 5.26 Å². The number of nitrogens with zero attached hydrogens (tertiary/aromatic N) is 2. The summed E-state index contributed by atoms with van der Waals surface area (Å²) in [5.74, 6) is 0.174. The minimum atomic E-state index is 0.174. The maximum Gasteiger partial charge on any atom is 0.227 e. The summed E-state index contributed by atoms with van der Waals surface area (Å²) in [5.41, 5.74) is 3.37. The van der Waals surface area contributed by atoms with Crippen molar-refractivity contribution in [1.29, 1.82) is 5.26 Å². The van der Waals surface area contributed by atoms with Crippen molar-refractivity contribution in [3.05, 3.63) is 29.3 Å². The predicted molar refractivity (Wildman–Crippen MR) is 65.5 cm³/mol. The molecule has 0 fully saturated rings. The molecule has 1 aliphatic rings. The normalized spacial score (nSPS) is 14.4. The Labute approximate surface area is 101 Å². The van der Waals surface area contributed by atoms with Crippen LogP contribution in [0, 0.1) is 11.3 Å². The number of aryl methyl sites for hydroxylation is 1. The van der Waals surface area contributed by atoms with Crippen LogP contribution in [0.25, 0.3) is 0 Å². The molecule has 0 atom stereocenters. The van der Waals surface area contributed by atoms with Crippen molar-refractivity contribution in [2.24, 2.45) is 0 Å². The fraction of sp³-hybridized carbons (Fsp3) is 0.385. The van der Waals surface area contributed by atoms with Crippen molar-refractivity contribution in [1.82, 2.24) is 5.32 Å². The van der Waals surface area contributed by atoms with Gasteiger partial charge in [-0.15, -0.1) is 0 Å². The van der Waals surface area contributed by atoms with E-state index in [9.17, 15) is 4.79 Å². The van der Waals surface area contributed by atoms with Gasteiger partial charge in [0.25, 0.3) is 0 Å². The van der Waals surface area contributed by atoms with Crippen LogP contribution in [0.1, 0.15) is 17.5 Å². The summed E-state index contributed by atoms with van der Waals surface area (Å²) < 4.78 is 0. The summed E-state index contributed by atoms with van der Waals surface area (Å²) in [6, 6.07) is 8.14. The summed E-state index contributed by atoms with van der Waals surface area (Å²) in [5, 5.41) is 11.5. The first-order valence-corrected chi connectivity index (χ1v) is 5.68. The molecule has 4 nitrogen and oxygen atoms in total. The molecule has 0 radical (unpaired) electrons. The number of carbonyl (C=O) groups excluding carboxylic acids is 1. The average Bonchev–Trinajstić information content (AvgIpc) is 2.34. The molecule has 2 rings (SSSR count). The van der Waals surface area contributed by atoms with Crippen molar-refractivity contribution in [3.8, 4) is 6.07 Å². The van der Waals surface area contributed by atoms with Gasteiger partial charge in [-0.1, -0.05) is 12.1 Å². The molecule has 88 valence electrons. The topological polar surface area (TPSA) is 56.1 Å². The molecule has 1 amide bonds. The second kappa shape index (κ2) is 4.98. The van der Waals surface area contributed by atoms with E-state index in [0.717, 1.165) is 17.7 Å². The van der Waals surface area contributed by atoms with E-state index in [-0.39, 0.29) is 5.91 Å². The molecule has 1 aliphatic heterocycles. The highest BCUT2D eigenvalue weighted by Gasteiger charge is 2.20. The molecule has 0 saturated heterocycles. The molecule has 1 aromatic rings. The fourth-order valence-electron chi connectivity index (χ4n) is 2.08. The van der Waals surface area contributed by atoms with Crippen molar-refractivity contribution < 1.29 is 4.79 Å². The second-order valence-corrected chi connectivity index (χ2v) is 4.18. The summed E-state index contributed by atoms with van der Waals surface area (Å²) in [6.45, 7) is 1.05. The molecule has 0 aromatic heterocycles. The Kier molecular flexibility index (Phi) is 3.40. The molecule has 1 aromatic carbocycles. The van der Waals surface area contributed by atoms with Gasteiger partial charge in [0.05, 0.1) is 12.6 Å². The molecule has 4 heteroatoms. The lowest BCUT2D eigenvalue weighted by Crippen LogP contribution is -2.31. The SMILES string of the molecule is CN1C(=O)CCc2cc(CNCC#N)ccc21. The number of benzene rings is 1. The smallest absolute Gasteiger partial charge is 0.227 e. The summed E-state index contributed by atoms with van der Waals surface area (Å²) in [4.78, 5) is 13.2. The van der Waals surface area contributed by atoms with E-state index in [1.165, 1.54) is 5.56 Å². The van der Waals surface area contributed by atoms with E-state index in [1.54, 1.807) is 4.90 Å². The lowest BCUT2D eigenvalue weighted by Gasteiger charge is -2.26. The van der Waals surface area contributed by atoms with Crippen molar-refractivity contribution in [3.63, 3.8) is 0 Å². The van der Waals surface area contributed by atoms with Crippen LogP contribution in [0.3, 0.4) is 0 Å². The lowest BCUT2D eigenvalue weighted by molar-refractivity contribution is -0.118. The number of nitriles is 1. The van der Waals surface area contributed by atoms with Gasteiger partial charge in [-0.05, 0) is 23.6 Å². The van der Waals surface area contributed by atoms with Crippen molar-refractivity contribution in [2.45, 2.75) is 19.4 Å². The third kappa shape index (κ3) is 2.45. The third-order valence-electron chi connectivity index (χ3n) is 3.02. The number of hydrogen-bond acceptors (Lipinski definition) is 3. The maximum atomic E-state index is 11.5. The Hall–Kier alpha value is -1.86. The van der Waals surface area contributed by atoms with Crippen LogP contribution in [-0.2, 0) is 17.8 Å². The molecule has 0 saturated carbocycles. The van der Waals surface area contributed by atoms with Crippen LogP contribution in [-0.4, -0.2) is 19.5 Å². The van der Waals surface area contributed by atoms with Gasteiger partial charge >= 0.3 is 0 Å². The number of amides is 1. The Morgan fingerprint density at radius 3 is 3.06 bits per heavy atom. The zero-order valence-electron chi connectivity index (χ0n) is 9.86. The summed E-state index contributed by atoms with van der Waals surface area (Å²) in [6.07, 6.45) is 1.39. The molecular weight excluding hydrogens is 214 g/mol. The van der Waals surface area contributed by atoms with Gasteiger partial charge in [0.1, 0.15) is 0 Å². The monoisotopic (exact) mass is 229 g/mol. The van der Waals surface area contributed by atoms with Crippen molar-refractivity contribution in [2.75, 3.05) is 18.5 Å². The van der Waals surface area contributed by atoms with E-state index in [0.29, 0.717) is 19.5 Å². The molecule has 1 heterocycles. The van der Waals surface area contributed by atoms with Gasteiger partial charge in [-0.3, -0.25) is 4.79 Å². The standard InChI is InChI=1S/C13H15N3O/c1-16-12-4-2-10(9-15-7-6-14)8-11(12)3-5-13(16)17/h2,4,8,15H,3,5,7,9H2,1H3. The van der Waals surface area contributed by atoms with Crippen LogP contribution < -0.4 is 10.2 Å². The van der Waals surface area contributed by atoms with Gasteiger partial charge < -0.3 is 10.2 Å². The number of hydrogen-bond donors (Lipinski definition) is 1. The summed E-state index contributed by atoms with van der Waals surface area (Å²) >= 11 is 0. The Morgan fingerprint density at radius 2 is 2.29 bits per heavy atom. The molecule has 0 bridgehead atoms. The highest BCUT2D eigenvalue weighted by atomic mass is 16.2. The first-order chi connectivity index (χ1) is 8.22. The largest absolute Gasteiger partial charge is 0.315 e. The Bertz CT molecular complexity index is 476. The quantitative estimate of drug-likeness (QED) is 0.626. The van der Waals surface area contributed by atoms with Gasteiger partial charge in [-0.25, -0.2) is 0 Å². The number of fused-ring (bicyclic) bond motifs is 1. The number of rotatable bonds is 3. The van der Waals surface area contributed by atoms with Crippen LogP contribution >= 0.6 is 0 Å². The maximum absolute atomic E-state index is 11.5. The van der Waals surface area contributed by atoms with E-state index >= 15 is 0 Å². The fourth-order valence-corrected chi connectivity index (χ4v) is 2.08. The molecular formula is C13H15N3O. The summed E-state index contributed by atoms with van der Waals surface area (Å²) in [7, 11) is 1.81. The molecule has 0 aliphatic carbocycles. The highest BCUT2D eigenvalue weighted by molar-refractivity contribution is 5.95. The van der Waals surface area contributed by atoms with E-state index in [4.69, 9.17) is 5.26 Å². The highest BCUT2D eigenvalue weighted by Crippen LogP contribution is 2.27. The van der Waals surface area contributed by atoms with Crippen molar-refractivity contribution >= 4 is 11.6 Å². The van der Waals surface area contributed by atoms with Crippen LogP contribution in [0.5, 0.6) is 0 Å². The minimum Gasteiger partial charge on any atom is -0.315 e.